The van der Waals surface area contributed by atoms with Gasteiger partial charge in [0.05, 0.1) is 11.9 Å². The van der Waals surface area contributed by atoms with E-state index in [0.717, 1.165) is 22.3 Å². The molecule has 0 radical (unpaired) electrons. The van der Waals surface area contributed by atoms with E-state index in [9.17, 15) is 18.0 Å². The highest BCUT2D eigenvalue weighted by molar-refractivity contribution is 7.92. The molecule has 36 heavy (non-hydrogen) atoms. The summed E-state index contributed by atoms with van der Waals surface area (Å²) in [6.45, 7) is 12.1. The van der Waals surface area contributed by atoms with Gasteiger partial charge >= 0.3 is 0 Å². The van der Waals surface area contributed by atoms with E-state index in [-0.39, 0.29) is 30.8 Å². The van der Waals surface area contributed by atoms with E-state index in [1.54, 1.807) is 11.0 Å². The largest absolute Gasteiger partial charge is 0.352 e. The van der Waals surface area contributed by atoms with Gasteiger partial charge in [0.15, 0.2) is 0 Å². The zero-order chi connectivity index (χ0) is 27.0. The molecule has 1 N–H and O–H groups in total. The molecule has 8 heteroatoms. The predicted octanol–water partition coefficient (Wildman–Crippen LogP) is 4.49. The standard InChI is InChI=1S/C28H41N3O4S/c1-8-26(28(33)29-20(2)3)30(19-24-13-10-9-12-22(24)5)27(32)14-11-17-31(36(7,34)35)25-16-15-21(4)23(6)18-25/h9-10,12-13,15-16,18,20,26H,8,11,14,17,19H2,1-7H3,(H,29,33)/t26-/m1/s1. The molecule has 7 nitrogen and oxygen atoms in total. The molecule has 0 heterocycles. The van der Waals surface area contributed by atoms with Crippen molar-refractivity contribution in [2.24, 2.45) is 0 Å². The van der Waals surface area contributed by atoms with Crippen molar-refractivity contribution >= 4 is 27.5 Å². The second-order valence-electron chi connectivity index (χ2n) is 9.74. The molecule has 0 aliphatic rings. The number of rotatable bonds is 12. The Balaban J connectivity index is 2.24. The van der Waals surface area contributed by atoms with Gasteiger partial charge in [-0.2, -0.15) is 0 Å². The van der Waals surface area contributed by atoms with Crippen LogP contribution < -0.4 is 9.62 Å². The number of sulfonamides is 1. The summed E-state index contributed by atoms with van der Waals surface area (Å²) in [6, 6.07) is 12.7. The first-order valence-corrected chi connectivity index (χ1v) is 14.4. The van der Waals surface area contributed by atoms with E-state index in [4.69, 9.17) is 0 Å². The minimum absolute atomic E-state index is 0.0387. The molecule has 2 aromatic carbocycles. The van der Waals surface area contributed by atoms with Crippen molar-refractivity contribution in [2.45, 2.75) is 79.4 Å². The summed E-state index contributed by atoms with van der Waals surface area (Å²) in [4.78, 5) is 28.1. The SMILES string of the molecule is CC[C@H](C(=O)NC(C)C)N(Cc1ccccc1C)C(=O)CCCN(c1ccc(C)c(C)c1)S(C)(=O)=O. The lowest BCUT2D eigenvalue weighted by molar-refractivity contribution is -0.141. The third kappa shape index (κ3) is 8.08. The first kappa shape index (κ1) is 29.4. The van der Waals surface area contributed by atoms with Crippen LogP contribution in [0.15, 0.2) is 42.5 Å². The van der Waals surface area contributed by atoms with Gasteiger partial charge in [0.25, 0.3) is 0 Å². The average Bonchev–Trinajstić information content (AvgIpc) is 2.78. The van der Waals surface area contributed by atoms with Gasteiger partial charge in [-0.05, 0) is 81.8 Å². The Labute approximate surface area is 216 Å². The van der Waals surface area contributed by atoms with Crippen LogP contribution in [0.2, 0.25) is 0 Å². The zero-order valence-corrected chi connectivity index (χ0v) is 23.5. The van der Waals surface area contributed by atoms with Crippen molar-refractivity contribution in [3.63, 3.8) is 0 Å². The third-order valence-corrected chi connectivity index (χ3v) is 7.54. The lowest BCUT2D eigenvalue weighted by Crippen LogP contribution is -2.50. The van der Waals surface area contributed by atoms with E-state index in [0.29, 0.717) is 25.1 Å². The highest BCUT2D eigenvalue weighted by Crippen LogP contribution is 2.23. The Morgan fingerprint density at radius 3 is 2.19 bits per heavy atom. The number of hydrogen-bond acceptors (Lipinski definition) is 4. The van der Waals surface area contributed by atoms with E-state index >= 15 is 0 Å². The minimum Gasteiger partial charge on any atom is -0.352 e. The molecule has 2 rings (SSSR count). The van der Waals surface area contributed by atoms with Gasteiger partial charge in [0, 0.05) is 25.6 Å². The summed E-state index contributed by atoms with van der Waals surface area (Å²) in [6.07, 6.45) is 2.13. The van der Waals surface area contributed by atoms with Gasteiger partial charge in [0.1, 0.15) is 6.04 Å². The summed E-state index contributed by atoms with van der Waals surface area (Å²) < 4.78 is 26.4. The molecule has 0 fully saturated rings. The average molecular weight is 516 g/mol. The number of nitrogens with one attached hydrogen (secondary N) is 1. The Morgan fingerprint density at radius 1 is 0.972 bits per heavy atom. The maximum absolute atomic E-state index is 13.5. The number of anilines is 1. The Bertz CT molecular complexity index is 1160. The van der Waals surface area contributed by atoms with Gasteiger partial charge in [-0.3, -0.25) is 13.9 Å². The normalized spacial score (nSPS) is 12.3. The molecule has 0 aliphatic heterocycles. The zero-order valence-electron chi connectivity index (χ0n) is 22.7. The maximum atomic E-state index is 13.5. The van der Waals surface area contributed by atoms with Crippen LogP contribution in [0.3, 0.4) is 0 Å². The molecule has 2 amide bonds. The molecule has 1 atom stereocenters. The van der Waals surface area contributed by atoms with Gasteiger partial charge in [0.2, 0.25) is 21.8 Å². The molecular formula is C28H41N3O4S. The number of benzene rings is 2. The topological polar surface area (TPSA) is 86.8 Å². The molecule has 198 valence electrons. The molecule has 0 saturated carbocycles. The van der Waals surface area contributed by atoms with Crippen molar-refractivity contribution < 1.29 is 18.0 Å². The van der Waals surface area contributed by atoms with Gasteiger partial charge < -0.3 is 10.2 Å². The third-order valence-electron chi connectivity index (χ3n) is 6.35. The summed E-state index contributed by atoms with van der Waals surface area (Å²) in [7, 11) is -3.52. The van der Waals surface area contributed by atoms with Crippen LogP contribution in [-0.4, -0.2) is 50.0 Å². The number of carbonyl (C=O) groups is 2. The predicted molar refractivity (Wildman–Crippen MR) is 146 cm³/mol. The molecule has 0 aromatic heterocycles. The fourth-order valence-electron chi connectivity index (χ4n) is 4.16. The van der Waals surface area contributed by atoms with Crippen molar-refractivity contribution in [1.29, 1.82) is 0 Å². The van der Waals surface area contributed by atoms with Crippen molar-refractivity contribution in [3.8, 4) is 0 Å². The quantitative estimate of drug-likeness (QED) is 0.451. The maximum Gasteiger partial charge on any atom is 0.243 e. The molecule has 0 bridgehead atoms. The summed E-state index contributed by atoms with van der Waals surface area (Å²) in [5.74, 6) is -0.347. The Kier molecular flexibility index (Phi) is 10.5. The van der Waals surface area contributed by atoms with E-state index < -0.39 is 16.1 Å². The lowest BCUT2D eigenvalue weighted by Gasteiger charge is -2.32. The molecule has 0 aliphatic carbocycles. The van der Waals surface area contributed by atoms with Crippen molar-refractivity contribution in [3.05, 3.63) is 64.7 Å². The van der Waals surface area contributed by atoms with Crippen LogP contribution in [0.4, 0.5) is 5.69 Å². The molecule has 0 unspecified atom stereocenters. The van der Waals surface area contributed by atoms with Crippen LogP contribution in [0, 0.1) is 20.8 Å². The molecule has 0 spiro atoms. The highest BCUT2D eigenvalue weighted by atomic mass is 32.2. The number of aryl methyl sites for hydroxylation is 3. The summed E-state index contributed by atoms with van der Waals surface area (Å²) in [5, 5.41) is 2.93. The number of carbonyl (C=O) groups excluding carboxylic acids is 2. The van der Waals surface area contributed by atoms with Crippen molar-refractivity contribution in [1.82, 2.24) is 10.2 Å². The smallest absolute Gasteiger partial charge is 0.243 e. The van der Waals surface area contributed by atoms with Gasteiger partial charge in [-0.1, -0.05) is 37.3 Å². The number of nitrogens with zero attached hydrogens (tertiary/aromatic N) is 2. The van der Waals surface area contributed by atoms with Crippen LogP contribution in [0.25, 0.3) is 0 Å². The van der Waals surface area contributed by atoms with E-state index in [2.05, 4.69) is 5.32 Å². The van der Waals surface area contributed by atoms with Crippen LogP contribution in [0.5, 0.6) is 0 Å². The van der Waals surface area contributed by atoms with Crippen LogP contribution in [0.1, 0.15) is 62.3 Å². The second-order valence-corrected chi connectivity index (χ2v) is 11.6. The lowest BCUT2D eigenvalue weighted by atomic mass is 10.0. The summed E-state index contributed by atoms with van der Waals surface area (Å²) in [5.41, 5.74) is 4.71. The highest BCUT2D eigenvalue weighted by Gasteiger charge is 2.29. The first-order valence-electron chi connectivity index (χ1n) is 12.5. The Morgan fingerprint density at radius 2 is 1.64 bits per heavy atom. The second kappa shape index (κ2) is 12.9. The number of hydrogen-bond donors (Lipinski definition) is 1. The monoisotopic (exact) mass is 515 g/mol. The molecule has 2 aromatic rings. The van der Waals surface area contributed by atoms with Gasteiger partial charge in [-0.25, -0.2) is 8.42 Å². The first-order chi connectivity index (χ1) is 16.8. The van der Waals surface area contributed by atoms with E-state index in [1.165, 1.54) is 10.6 Å². The van der Waals surface area contributed by atoms with Crippen LogP contribution in [-0.2, 0) is 26.2 Å². The van der Waals surface area contributed by atoms with Crippen LogP contribution >= 0.6 is 0 Å². The van der Waals surface area contributed by atoms with Gasteiger partial charge in [-0.15, -0.1) is 0 Å². The number of amides is 2. The fraction of sp³-hybridized carbons (Fsp3) is 0.500. The van der Waals surface area contributed by atoms with E-state index in [1.807, 2.05) is 77.9 Å². The molecular weight excluding hydrogens is 474 g/mol. The minimum atomic E-state index is -3.52. The van der Waals surface area contributed by atoms with Crippen molar-refractivity contribution in [2.75, 3.05) is 17.1 Å². The fourth-order valence-corrected chi connectivity index (χ4v) is 5.11. The summed E-state index contributed by atoms with van der Waals surface area (Å²) >= 11 is 0. The molecule has 0 saturated heterocycles. The Hall–Kier alpha value is -2.87.